The van der Waals surface area contributed by atoms with Crippen LogP contribution in [-0.2, 0) is 35.1 Å². The first-order valence-electron chi connectivity index (χ1n) is 7.94. The van der Waals surface area contributed by atoms with Gasteiger partial charge in [-0.3, -0.25) is 14.5 Å². The van der Waals surface area contributed by atoms with E-state index in [-0.39, 0.29) is 18.9 Å². The van der Waals surface area contributed by atoms with Gasteiger partial charge in [0.2, 0.25) is 11.8 Å². The number of nitrogens with zero attached hydrogens (tertiary/aromatic N) is 1. The van der Waals surface area contributed by atoms with Crippen LogP contribution in [0, 0.1) is 0 Å². The number of hydrogen-bond donors (Lipinski definition) is 3. The summed E-state index contributed by atoms with van der Waals surface area (Å²) >= 11 is 0. The molecule has 0 aromatic heterocycles. The minimum absolute atomic E-state index is 0.0314. The normalized spacial score (nSPS) is 21.7. The minimum Gasteiger partial charge on any atom is -0.476 e. The summed E-state index contributed by atoms with van der Waals surface area (Å²) in [6.45, 7) is 0.0314. The van der Waals surface area contributed by atoms with E-state index in [4.69, 9.17) is 0 Å². The van der Waals surface area contributed by atoms with Crippen LogP contribution in [0.4, 0.5) is 0 Å². The van der Waals surface area contributed by atoms with Crippen LogP contribution in [0.1, 0.15) is 5.56 Å². The maximum Gasteiger partial charge on any atom is 0.358 e. The van der Waals surface area contributed by atoms with Crippen molar-refractivity contribution in [3.05, 3.63) is 47.5 Å². The molecule has 1 unspecified atom stereocenters. The molecule has 0 radical (unpaired) electrons. The molecule has 0 aliphatic carbocycles. The third kappa shape index (κ3) is 3.87. The Bertz CT molecular complexity index is 927. The minimum atomic E-state index is -3.98. The Morgan fingerprint density at radius 1 is 1.33 bits per heavy atom. The van der Waals surface area contributed by atoms with Gasteiger partial charge in [-0.05, 0) is 5.56 Å². The van der Waals surface area contributed by atoms with Crippen LogP contribution in [0.5, 0.6) is 0 Å². The van der Waals surface area contributed by atoms with Crippen LogP contribution in [0.2, 0.25) is 0 Å². The molecule has 2 heterocycles. The highest BCUT2D eigenvalue weighted by Crippen LogP contribution is 2.31. The lowest BCUT2D eigenvalue weighted by Gasteiger charge is -2.49. The molecule has 144 valence electrons. The average Bonchev–Trinajstić information content (AvgIpc) is 2.58. The lowest BCUT2D eigenvalue weighted by Crippen LogP contribution is -2.75. The van der Waals surface area contributed by atoms with Gasteiger partial charge in [0.15, 0.2) is 5.70 Å². The van der Waals surface area contributed by atoms with Gasteiger partial charge in [-0.15, -0.1) is 0 Å². The summed E-state index contributed by atoms with van der Waals surface area (Å²) in [6.07, 6.45) is 0.840. The number of carbonyl (C=O) groups excluding carboxylic acids is 2. The first-order chi connectivity index (χ1) is 12.7. The molecular formula is C16H17N3O7S. The largest absolute Gasteiger partial charge is 0.476 e. The summed E-state index contributed by atoms with van der Waals surface area (Å²) in [7, 11) is -3.98. The molecule has 3 N–H and O–H groups in total. The number of carboxylic acids is 1. The van der Waals surface area contributed by atoms with Crippen molar-refractivity contribution in [3.8, 4) is 0 Å². The van der Waals surface area contributed by atoms with Crippen LogP contribution in [0.3, 0.4) is 0 Å². The van der Waals surface area contributed by atoms with Gasteiger partial charge in [0.25, 0.3) is 5.91 Å². The van der Waals surface area contributed by atoms with Crippen LogP contribution in [0.25, 0.3) is 0 Å². The zero-order valence-corrected chi connectivity index (χ0v) is 15.0. The van der Waals surface area contributed by atoms with E-state index in [9.17, 15) is 27.9 Å². The van der Waals surface area contributed by atoms with Crippen molar-refractivity contribution in [1.29, 1.82) is 0 Å². The van der Waals surface area contributed by atoms with Gasteiger partial charge in [-0.25, -0.2) is 4.79 Å². The molecule has 0 saturated carbocycles. The van der Waals surface area contributed by atoms with E-state index in [1.54, 1.807) is 24.3 Å². The zero-order valence-electron chi connectivity index (χ0n) is 14.2. The Hall–Kier alpha value is -3.08. The predicted octanol–water partition coefficient (Wildman–Crippen LogP) is -1.24. The third-order valence-corrected chi connectivity index (χ3v) is 4.58. The van der Waals surface area contributed by atoms with E-state index in [1.807, 2.05) is 6.07 Å². The van der Waals surface area contributed by atoms with Gasteiger partial charge in [-0.1, -0.05) is 30.3 Å². The molecule has 10 nitrogen and oxygen atoms in total. The Kier molecular flexibility index (Phi) is 4.79. The van der Waals surface area contributed by atoms with Gasteiger partial charge in [0.05, 0.1) is 18.7 Å². The van der Waals surface area contributed by atoms with Gasteiger partial charge >= 0.3 is 16.1 Å². The van der Waals surface area contributed by atoms with Gasteiger partial charge in [-0.2, -0.15) is 8.42 Å². The van der Waals surface area contributed by atoms with Crippen molar-refractivity contribution in [2.75, 3.05) is 12.8 Å². The van der Waals surface area contributed by atoms with Crippen molar-refractivity contribution >= 4 is 27.9 Å². The Labute approximate surface area is 154 Å². The summed E-state index contributed by atoms with van der Waals surface area (Å²) in [5.41, 5.74) is 0.172. The standard InChI is InChI=1S/C16H17N3O7S/c1-27(24,25)26-14-13(16(22)23)19-10(8-17-14)12(15(19)21)18-11(20)7-9-5-3-2-4-6-9/h2-6,10,12,17H,7-8H2,1H3,(H,18,20)(H,22,23)/t10-,12?/m1/s1. The summed E-state index contributed by atoms with van der Waals surface area (Å²) in [5.74, 6) is -3.06. The zero-order chi connectivity index (χ0) is 19.8. The van der Waals surface area contributed by atoms with Crippen LogP contribution in [0.15, 0.2) is 41.9 Å². The van der Waals surface area contributed by atoms with E-state index in [2.05, 4.69) is 14.8 Å². The lowest BCUT2D eigenvalue weighted by molar-refractivity contribution is -0.156. The molecule has 0 bridgehead atoms. The molecular weight excluding hydrogens is 378 g/mol. The number of aliphatic carboxylic acids is 1. The molecule has 3 rings (SSSR count). The highest BCUT2D eigenvalue weighted by molar-refractivity contribution is 7.86. The quantitative estimate of drug-likeness (QED) is 0.401. The fourth-order valence-corrected chi connectivity index (χ4v) is 3.45. The third-order valence-electron chi connectivity index (χ3n) is 4.11. The van der Waals surface area contributed by atoms with Crippen molar-refractivity contribution < 1.29 is 32.1 Å². The molecule has 11 heteroatoms. The van der Waals surface area contributed by atoms with E-state index >= 15 is 0 Å². The maximum atomic E-state index is 12.4. The number of β-lactam (4-membered cyclic amide) rings is 1. The fraction of sp³-hybridized carbons (Fsp3) is 0.312. The number of rotatable bonds is 6. The predicted molar refractivity (Wildman–Crippen MR) is 91.3 cm³/mol. The summed E-state index contributed by atoms with van der Waals surface area (Å²) in [5, 5.41) is 14.5. The van der Waals surface area contributed by atoms with Gasteiger partial charge < -0.3 is 19.9 Å². The Morgan fingerprint density at radius 2 is 2.00 bits per heavy atom. The first-order valence-corrected chi connectivity index (χ1v) is 9.76. The number of nitrogens with one attached hydrogen (secondary N) is 2. The smallest absolute Gasteiger partial charge is 0.358 e. The SMILES string of the molecule is CS(=O)(=O)OC1=C(C(=O)O)N2C(=O)C(NC(=O)Cc3ccccc3)[C@H]2CN1. The van der Waals surface area contributed by atoms with Crippen LogP contribution >= 0.6 is 0 Å². The second kappa shape index (κ2) is 6.91. The van der Waals surface area contributed by atoms with Crippen molar-refractivity contribution in [3.63, 3.8) is 0 Å². The van der Waals surface area contributed by atoms with E-state index in [1.165, 1.54) is 0 Å². The molecule has 0 spiro atoms. The molecule has 2 atom stereocenters. The molecule has 2 aliphatic heterocycles. The molecule has 1 saturated heterocycles. The highest BCUT2D eigenvalue weighted by Gasteiger charge is 2.54. The van der Waals surface area contributed by atoms with Gasteiger partial charge in [0.1, 0.15) is 6.04 Å². The number of hydrogen-bond acceptors (Lipinski definition) is 7. The number of amides is 2. The van der Waals surface area contributed by atoms with Crippen molar-refractivity contribution in [1.82, 2.24) is 15.5 Å². The van der Waals surface area contributed by atoms with Crippen molar-refractivity contribution in [2.24, 2.45) is 0 Å². The molecule has 27 heavy (non-hydrogen) atoms. The maximum absolute atomic E-state index is 12.4. The lowest BCUT2D eigenvalue weighted by atomic mass is 9.91. The molecule has 1 fully saturated rings. The topological polar surface area (TPSA) is 142 Å². The first kappa shape index (κ1) is 18.7. The molecule has 1 aromatic carbocycles. The summed E-state index contributed by atoms with van der Waals surface area (Å²) in [4.78, 5) is 37.0. The number of carboxylic acid groups (broad SMARTS) is 1. The fourth-order valence-electron chi connectivity index (χ4n) is 3.00. The Balaban J connectivity index is 1.73. The monoisotopic (exact) mass is 395 g/mol. The summed E-state index contributed by atoms with van der Waals surface area (Å²) in [6, 6.07) is 7.39. The van der Waals surface area contributed by atoms with E-state index in [0.717, 1.165) is 16.7 Å². The van der Waals surface area contributed by atoms with E-state index in [0.29, 0.717) is 0 Å². The van der Waals surface area contributed by atoms with Crippen LogP contribution in [-0.4, -0.2) is 61.1 Å². The van der Waals surface area contributed by atoms with Crippen molar-refractivity contribution in [2.45, 2.75) is 18.5 Å². The van der Waals surface area contributed by atoms with Gasteiger partial charge in [0, 0.05) is 6.54 Å². The highest BCUT2D eigenvalue weighted by atomic mass is 32.2. The van der Waals surface area contributed by atoms with Crippen LogP contribution < -0.4 is 10.6 Å². The number of carbonyl (C=O) groups is 3. The molecule has 1 aromatic rings. The summed E-state index contributed by atoms with van der Waals surface area (Å²) < 4.78 is 27.2. The second-order valence-electron chi connectivity index (χ2n) is 6.13. The number of benzene rings is 1. The number of fused-ring (bicyclic) bond motifs is 1. The second-order valence-corrected chi connectivity index (χ2v) is 7.71. The Morgan fingerprint density at radius 3 is 2.59 bits per heavy atom. The molecule has 2 aliphatic rings. The molecule has 2 amide bonds. The average molecular weight is 395 g/mol. The van der Waals surface area contributed by atoms with E-state index < -0.39 is 45.7 Å².